The third kappa shape index (κ3) is 6.29. The molecule has 0 aliphatic carbocycles. The highest BCUT2D eigenvalue weighted by atomic mass is 16.5. The molecule has 8 heteroatoms. The fourth-order valence-corrected chi connectivity index (χ4v) is 4.05. The molecule has 0 spiro atoms. The summed E-state index contributed by atoms with van der Waals surface area (Å²) in [5.74, 6) is 1.78. The molecule has 1 saturated heterocycles. The van der Waals surface area contributed by atoms with Crippen LogP contribution in [0.15, 0.2) is 18.2 Å². The van der Waals surface area contributed by atoms with Crippen LogP contribution in [0, 0.1) is 6.92 Å². The van der Waals surface area contributed by atoms with Crippen LogP contribution < -0.4 is 21.1 Å². The molecular formula is C23H36N6O2. The van der Waals surface area contributed by atoms with Crippen LogP contribution in [0.1, 0.15) is 42.1 Å². The van der Waals surface area contributed by atoms with E-state index >= 15 is 0 Å². The van der Waals surface area contributed by atoms with E-state index in [-0.39, 0.29) is 18.6 Å². The molecule has 1 aromatic heterocycles. The van der Waals surface area contributed by atoms with Crippen LogP contribution in [0.2, 0.25) is 0 Å². The lowest BCUT2D eigenvalue weighted by Gasteiger charge is -2.27. The Bertz CT molecular complexity index is 854. The summed E-state index contributed by atoms with van der Waals surface area (Å²) >= 11 is 0. The lowest BCUT2D eigenvalue weighted by molar-refractivity contribution is 0.233. The maximum Gasteiger partial charge on any atom is 0.222 e. The van der Waals surface area contributed by atoms with Crippen molar-refractivity contribution in [1.82, 2.24) is 20.2 Å². The summed E-state index contributed by atoms with van der Waals surface area (Å²) in [6, 6.07) is 6.37. The Morgan fingerprint density at radius 2 is 2.06 bits per heavy atom. The summed E-state index contributed by atoms with van der Waals surface area (Å²) in [5, 5.41) is 16.5. The fourth-order valence-electron chi connectivity index (χ4n) is 4.05. The van der Waals surface area contributed by atoms with Crippen molar-refractivity contribution in [2.45, 2.75) is 45.7 Å². The molecule has 0 saturated carbocycles. The molecule has 5 N–H and O–H groups in total. The molecule has 1 atom stereocenters. The summed E-state index contributed by atoms with van der Waals surface area (Å²) in [7, 11) is 1.71. The Kier molecular flexibility index (Phi) is 8.45. The quantitative estimate of drug-likeness (QED) is 0.455. The minimum absolute atomic E-state index is 0.0419. The van der Waals surface area contributed by atoms with Crippen LogP contribution in [0.25, 0.3) is 0 Å². The number of aliphatic hydroxyl groups excluding tert-OH is 1. The molecule has 1 fully saturated rings. The number of piperazine rings is 1. The number of aliphatic hydroxyl groups is 1. The highest BCUT2D eigenvalue weighted by Gasteiger charge is 2.18. The number of methoxy groups -OCH3 is 1. The molecule has 8 nitrogen and oxygen atoms in total. The van der Waals surface area contributed by atoms with Gasteiger partial charge >= 0.3 is 0 Å². The summed E-state index contributed by atoms with van der Waals surface area (Å²) < 4.78 is 5.73. The average molecular weight is 429 g/mol. The van der Waals surface area contributed by atoms with E-state index in [9.17, 15) is 5.11 Å². The number of nitrogens with two attached hydrogens (primary N) is 1. The van der Waals surface area contributed by atoms with E-state index in [1.54, 1.807) is 7.11 Å². The number of nitrogen functional groups attached to an aromatic ring is 1. The van der Waals surface area contributed by atoms with Crippen LogP contribution in [0.3, 0.4) is 0 Å². The Morgan fingerprint density at radius 3 is 2.74 bits per heavy atom. The first kappa shape index (κ1) is 23.2. The Morgan fingerprint density at radius 1 is 1.29 bits per heavy atom. The Hall–Kier alpha value is -2.42. The van der Waals surface area contributed by atoms with Crippen LogP contribution in [0.5, 0.6) is 5.75 Å². The van der Waals surface area contributed by atoms with Crippen molar-refractivity contribution in [2.24, 2.45) is 0 Å². The van der Waals surface area contributed by atoms with E-state index < -0.39 is 0 Å². The molecule has 3 rings (SSSR count). The second-order valence-corrected chi connectivity index (χ2v) is 8.16. The van der Waals surface area contributed by atoms with Crippen molar-refractivity contribution in [3.8, 4) is 5.75 Å². The van der Waals surface area contributed by atoms with Gasteiger partial charge in [-0.2, -0.15) is 4.98 Å². The lowest BCUT2D eigenvalue weighted by atomic mass is 10.0. The zero-order valence-corrected chi connectivity index (χ0v) is 18.9. The van der Waals surface area contributed by atoms with Gasteiger partial charge < -0.3 is 26.2 Å². The fraction of sp³-hybridized carbons (Fsp3) is 0.565. The number of rotatable bonds is 10. The van der Waals surface area contributed by atoms with Gasteiger partial charge in [0.15, 0.2) is 0 Å². The van der Waals surface area contributed by atoms with Gasteiger partial charge in [-0.25, -0.2) is 4.98 Å². The van der Waals surface area contributed by atoms with E-state index in [1.165, 1.54) is 5.56 Å². The van der Waals surface area contributed by atoms with Crippen molar-refractivity contribution in [2.75, 3.05) is 50.9 Å². The maximum atomic E-state index is 9.72. The molecule has 1 aliphatic heterocycles. The largest absolute Gasteiger partial charge is 0.496 e. The predicted octanol–water partition coefficient (Wildman–Crippen LogP) is 1.94. The number of aryl methyl sites for hydroxylation is 1. The van der Waals surface area contributed by atoms with Crippen molar-refractivity contribution in [1.29, 1.82) is 0 Å². The number of aromatic nitrogens is 2. The minimum atomic E-state index is -0.0687. The maximum absolute atomic E-state index is 9.72. The second kappa shape index (κ2) is 11.3. The first-order chi connectivity index (χ1) is 15.0. The van der Waals surface area contributed by atoms with Gasteiger partial charge in [0, 0.05) is 50.4 Å². The molecule has 0 amide bonds. The molecule has 1 aromatic carbocycles. The van der Waals surface area contributed by atoms with Gasteiger partial charge in [-0.15, -0.1) is 0 Å². The third-order valence-corrected chi connectivity index (χ3v) is 5.76. The molecular weight excluding hydrogens is 392 g/mol. The van der Waals surface area contributed by atoms with Crippen molar-refractivity contribution in [3.63, 3.8) is 0 Å². The van der Waals surface area contributed by atoms with Crippen LogP contribution in [-0.4, -0.2) is 65.9 Å². The Balaban J connectivity index is 1.83. The number of anilines is 2. The summed E-state index contributed by atoms with van der Waals surface area (Å²) in [5.41, 5.74) is 10.0. The van der Waals surface area contributed by atoms with Gasteiger partial charge in [0.1, 0.15) is 11.6 Å². The van der Waals surface area contributed by atoms with E-state index in [0.717, 1.165) is 68.1 Å². The van der Waals surface area contributed by atoms with Gasteiger partial charge in [0.2, 0.25) is 5.95 Å². The predicted molar refractivity (Wildman–Crippen MR) is 125 cm³/mol. The molecule has 0 radical (unpaired) electrons. The van der Waals surface area contributed by atoms with E-state index in [2.05, 4.69) is 50.6 Å². The van der Waals surface area contributed by atoms with E-state index in [4.69, 9.17) is 10.5 Å². The zero-order chi connectivity index (χ0) is 22.2. The third-order valence-electron chi connectivity index (χ3n) is 5.76. The number of hydrogen-bond donors (Lipinski definition) is 4. The standard InChI is InChI=1S/C23H36N6O2/c1-4-5-19(15-30)27-22-20(16(2)26-23(24)28-22)13-18-7-6-17(12-21(18)31-3)14-29-10-8-25-9-11-29/h6-7,12,19,25,30H,4-5,8-11,13-15H2,1-3H3,(H3,24,26,27,28). The number of nitrogens with one attached hydrogen (secondary N) is 2. The minimum Gasteiger partial charge on any atom is -0.496 e. The first-order valence-electron chi connectivity index (χ1n) is 11.1. The van der Waals surface area contributed by atoms with Gasteiger partial charge in [-0.1, -0.05) is 25.5 Å². The van der Waals surface area contributed by atoms with E-state index in [1.807, 2.05) is 6.92 Å². The molecule has 2 heterocycles. The molecule has 1 unspecified atom stereocenters. The topological polar surface area (TPSA) is 109 Å². The highest BCUT2D eigenvalue weighted by molar-refractivity contribution is 5.53. The van der Waals surface area contributed by atoms with Crippen LogP contribution in [0.4, 0.5) is 11.8 Å². The molecule has 31 heavy (non-hydrogen) atoms. The lowest BCUT2D eigenvalue weighted by Crippen LogP contribution is -2.42. The summed E-state index contributed by atoms with van der Waals surface area (Å²) in [4.78, 5) is 11.3. The smallest absolute Gasteiger partial charge is 0.222 e. The monoisotopic (exact) mass is 428 g/mol. The normalized spacial score (nSPS) is 15.6. The van der Waals surface area contributed by atoms with E-state index in [0.29, 0.717) is 12.2 Å². The first-order valence-corrected chi connectivity index (χ1v) is 11.1. The Labute approximate surface area is 185 Å². The second-order valence-electron chi connectivity index (χ2n) is 8.16. The molecule has 1 aliphatic rings. The highest BCUT2D eigenvalue weighted by Crippen LogP contribution is 2.28. The van der Waals surface area contributed by atoms with Crippen molar-refractivity contribution < 1.29 is 9.84 Å². The van der Waals surface area contributed by atoms with Gasteiger partial charge in [-0.05, 0) is 30.5 Å². The van der Waals surface area contributed by atoms with Crippen LogP contribution >= 0.6 is 0 Å². The summed E-state index contributed by atoms with van der Waals surface area (Å²) in [6.07, 6.45) is 2.44. The van der Waals surface area contributed by atoms with Crippen molar-refractivity contribution >= 4 is 11.8 Å². The summed E-state index contributed by atoms with van der Waals surface area (Å²) in [6.45, 7) is 9.19. The number of hydrogen-bond acceptors (Lipinski definition) is 8. The number of nitrogens with zero attached hydrogens (tertiary/aromatic N) is 3. The molecule has 0 bridgehead atoms. The van der Waals surface area contributed by atoms with Gasteiger partial charge in [0.05, 0.1) is 19.8 Å². The SMILES string of the molecule is CCCC(CO)Nc1nc(N)nc(C)c1Cc1ccc(CN2CCNCC2)cc1OC. The van der Waals surface area contributed by atoms with Gasteiger partial charge in [0.25, 0.3) is 0 Å². The zero-order valence-electron chi connectivity index (χ0n) is 18.9. The molecule has 170 valence electrons. The molecule has 2 aromatic rings. The van der Waals surface area contributed by atoms with Gasteiger partial charge in [-0.3, -0.25) is 4.90 Å². The number of benzene rings is 1. The van der Waals surface area contributed by atoms with Crippen molar-refractivity contribution in [3.05, 3.63) is 40.6 Å². The van der Waals surface area contributed by atoms with Crippen LogP contribution in [-0.2, 0) is 13.0 Å². The average Bonchev–Trinajstić information content (AvgIpc) is 2.77. The number of ether oxygens (including phenoxy) is 1.